The molecule has 0 fully saturated rings. The van der Waals surface area contributed by atoms with Crippen molar-refractivity contribution in [3.63, 3.8) is 0 Å². The van der Waals surface area contributed by atoms with Crippen molar-refractivity contribution in [2.75, 3.05) is 12.4 Å². The molecule has 8 nitrogen and oxygen atoms in total. The molecule has 1 heterocycles. The predicted molar refractivity (Wildman–Crippen MR) is 79.7 cm³/mol. The topological polar surface area (TPSA) is 111 Å². The fourth-order valence-corrected chi connectivity index (χ4v) is 2.38. The molecular formula is C13H11N3O5S. The van der Waals surface area contributed by atoms with Crippen LogP contribution < -0.4 is 10.1 Å². The van der Waals surface area contributed by atoms with E-state index in [0.717, 1.165) is 17.4 Å². The van der Waals surface area contributed by atoms with E-state index in [9.17, 15) is 19.7 Å². The van der Waals surface area contributed by atoms with E-state index in [0.29, 0.717) is 0 Å². The van der Waals surface area contributed by atoms with Crippen molar-refractivity contribution in [1.82, 2.24) is 4.98 Å². The van der Waals surface area contributed by atoms with Gasteiger partial charge in [0.25, 0.3) is 5.91 Å². The van der Waals surface area contributed by atoms with Crippen molar-refractivity contribution >= 4 is 33.8 Å². The van der Waals surface area contributed by atoms with E-state index in [1.807, 2.05) is 0 Å². The first kappa shape index (κ1) is 15.6. The zero-order valence-corrected chi connectivity index (χ0v) is 12.5. The number of thiazole rings is 1. The number of nitro groups is 1. The Morgan fingerprint density at radius 2 is 2.14 bits per heavy atom. The molecule has 0 saturated carbocycles. The molecular weight excluding hydrogens is 310 g/mol. The van der Waals surface area contributed by atoms with Gasteiger partial charge in [0.05, 0.1) is 12.0 Å². The van der Waals surface area contributed by atoms with Crippen LogP contribution >= 0.6 is 11.3 Å². The lowest BCUT2D eigenvalue weighted by molar-refractivity contribution is -0.385. The number of benzene rings is 1. The summed E-state index contributed by atoms with van der Waals surface area (Å²) in [6, 6.07) is 3.87. The number of anilines is 1. The molecule has 114 valence electrons. The number of nitrogens with zero attached hydrogens (tertiary/aromatic N) is 2. The molecule has 0 bridgehead atoms. The summed E-state index contributed by atoms with van der Waals surface area (Å²) in [4.78, 5) is 37.5. The number of amides is 1. The summed E-state index contributed by atoms with van der Waals surface area (Å²) in [5.41, 5.74) is 0.0341. The molecule has 22 heavy (non-hydrogen) atoms. The molecule has 1 amide bonds. The number of nitrogens with one attached hydrogen (secondary N) is 1. The van der Waals surface area contributed by atoms with E-state index in [1.54, 1.807) is 0 Å². The van der Waals surface area contributed by atoms with Gasteiger partial charge in [-0.2, -0.15) is 0 Å². The van der Waals surface area contributed by atoms with Crippen LogP contribution in [0.1, 0.15) is 27.8 Å². The highest BCUT2D eigenvalue weighted by atomic mass is 32.1. The van der Waals surface area contributed by atoms with Crippen LogP contribution in [0.4, 0.5) is 10.8 Å². The summed E-state index contributed by atoms with van der Waals surface area (Å²) >= 11 is 1.10. The van der Waals surface area contributed by atoms with Crippen molar-refractivity contribution in [2.45, 2.75) is 6.92 Å². The number of ketones is 1. The Kier molecular flexibility index (Phi) is 4.47. The molecule has 0 atom stereocenters. The summed E-state index contributed by atoms with van der Waals surface area (Å²) in [7, 11) is 1.31. The molecule has 1 aromatic heterocycles. The van der Waals surface area contributed by atoms with Gasteiger partial charge in [-0.1, -0.05) is 0 Å². The maximum Gasteiger partial charge on any atom is 0.311 e. The second kappa shape index (κ2) is 6.31. The Hall–Kier alpha value is -2.81. The Morgan fingerprint density at radius 1 is 1.41 bits per heavy atom. The van der Waals surface area contributed by atoms with Gasteiger partial charge in [-0.25, -0.2) is 4.98 Å². The highest BCUT2D eigenvalue weighted by molar-refractivity contribution is 7.14. The maximum absolute atomic E-state index is 12.1. The number of ether oxygens (including phenoxy) is 1. The molecule has 1 N–H and O–H groups in total. The summed E-state index contributed by atoms with van der Waals surface area (Å²) in [6.07, 6.45) is 0. The molecule has 2 rings (SSSR count). The molecule has 0 spiro atoms. The number of nitro benzene ring substituents is 1. The first-order chi connectivity index (χ1) is 10.4. The van der Waals surface area contributed by atoms with Gasteiger partial charge in [0.2, 0.25) is 0 Å². The van der Waals surface area contributed by atoms with Gasteiger partial charge in [0, 0.05) is 23.9 Å². The normalized spacial score (nSPS) is 10.1. The summed E-state index contributed by atoms with van der Waals surface area (Å²) in [6.45, 7) is 1.37. The van der Waals surface area contributed by atoms with Gasteiger partial charge < -0.3 is 4.74 Å². The number of hydrogen-bond acceptors (Lipinski definition) is 7. The van der Waals surface area contributed by atoms with Crippen LogP contribution in [-0.2, 0) is 0 Å². The number of rotatable bonds is 5. The molecule has 0 radical (unpaired) electrons. The average Bonchev–Trinajstić information content (AvgIpc) is 2.95. The average molecular weight is 321 g/mol. The second-order valence-electron chi connectivity index (χ2n) is 4.19. The fourth-order valence-electron chi connectivity index (χ4n) is 1.64. The Balaban J connectivity index is 2.23. The molecule has 0 unspecified atom stereocenters. The fraction of sp³-hybridized carbons (Fsp3) is 0.154. The smallest absolute Gasteiger partial charge is 0.311 e. The van der Waals surface area contributed by atoms with E-state index in [4.69, 9.17) is 4.74 Å². The quantitative estimate of drug-likeness (QED) is 0.514. The molecule has 2 aromatic rings. The first-order valence-electron chi connectivity index (χ1n) is 6.02. The standard InChI is InChI=1S/C13H11N3O5S/c1-7(17)9-6-22-13(14-9)15-12(18)8-3-4-11(21-2)10(5-8)16(19)20/h3-6H,1-2H3,(H,14,15,18). The number of Topliss-reactive ketones (excluding diaryl/α,β-unsaturated/α-hetero) is 1. The van der Waals surface area contributed by atoms with Crippen LogP contribution in [-0.4, -0.2) is 28.7 Å². The highest BCUT2D eigenvalue weighted by Crippen LogP contribution is 2.28. The summed E-state index contributed by atoms with van der Waals surface area (Å²) in [5, 5.41) is 15.2. The third-order valence-corrected chi connectivity index (χ3v) is 3.48. The zero-order chi connectivity index (χ0) is 16.3. The van der Waals surface area contributed by atoms with E-state index < -0.39 is 10.8 Å². The second-order valence-corrected chi connectivity index (χ2v) is 5.05. The van der Waals surface area contributed by atoms with E-state index in [-0.39, 0.29) is 33.6 Å². The SMILES string of the molecule is COc1ccc(C(=O)Nc2nc(C(C)=O)cs2)cc1[N+](=O)[O-]. The molecule has 1 aromatic carbocycles. The number of methoxy groups -OCH3 is 1. The minimum absolute atomic E-state index is 0.0645. The molecule has 0 aliphatic rings. The number of carbonyl (C=O) groups is 2. The summed E-state index contributed by atoms with van der Waals surface area (Å²) in [5.74, 6) is -0.707. The van der Waals surface area contributed by atoms with Crippen LogP contribution in [0.3, 0.4) is 0 Å². The van der Waals surface area contributed by atoms with Gasteiger partial charge in [0.1, 0.15) is 5.69 Å². The van der Waals surface area contributed by atoms with Crippen molar-refractivity contribution in [3.05, 3.63) is 45.0 Å². The zero-order valence-electron chi connectivity index (χ0n) is 11.7. The third kappa shape index (κ3) is 3.26. The Morgan fingerprint density at radius 3 is 2.68 bits per heavy atom. The van der Waals surface area contributed by atoms with Crippen molar-refractivity contribution in [3.8, 4) is 5.75 Å². The highest BCUT2D eigenvalue weighted by Gasteiger charge is 2.19. The van der Waals surface area contributed by atoms with E-state index in [1.165, 1.54) is 31.5 Å². The lowest BCUT2D eigenvalue weighted by Gasteiger charge is -2.04. The monoisotopic (exact) mass is 321 g/mol. The van der Waals surface area contributed by atoms with Gasteiger partial charge in [-0.3, -0.25) is 25.0 Å². The van der Waals surface area contributed by atoms with Crippen LogP contribution in [0.25, 0.3) is 0 Å². The lowest BCUT2D eigenvalue weighted by Crippen LogP contribution is -2.12. The Bertz CT molecular complexity index is 756. The first-order valence-corrected chi connectivity index (χ1v) is 6.90. The van der Waals surface area contributed by atoms with Crippen LogP contribution in [0.15, 0.2) is 23.6 Å². The molecule has 0 aliphatic carbocycles. The van der Waals surface area contributed by atoms with E-state index in [2.05, 4.69) is 10.3 Å². The van der Waals surface area contributed by atoms with Gasteiger partial charge in [-0.05, 0) is 12.1 Å². The summed E-state index contributed by atoms with van der Waals surface area (Å²) < 4.78 is 4.87. The van der Waals surface area contributed by atoms with Gasteiger partial charge in [0.15, 0.2) is 16.7 Å². The predicted octanol–water partition coefficient (Wildman–Crippen LogP) is 2.51. The van der Waals surface area contributed by atoms with Crippen LogP contribution in [0.5, 0.6) is 5.75 Å². The molecule has 0 saturated heterocycles. The number of carbonyl (C=O) groups excluding carboxylic acids is 2. The Labute approximate surface area is 128 Å². The maximum atomic E-state index is 12.1. The third-order valence-electron chi connectivity index (χ3n) is 2.72. The van der Waals surface area contributed by atoms with Gasteiger partial charge >= 0.3 is 5.69 Å². The minimum Gasteiger partial charge on any atom is -0.490 e. The van der Waals surface area contributed by atoms with Crippen LogP contribution in [0, 0.1) is 10.1 Å². The number of aromatic nitrogens is 1. The van der Waals surface area contributed by atoms with Gasteiger partial charge in [-0.15, -0.1) is 11.3 Å². The largest absolute Gasteiger partial charge is 0.490 e. The van der Waals surface area contributed by atoms with Crippen molar-refractivity contribution in [2.24, 2.45) is 0 Å². The molecule has 9 heteroatoms. The minimum atomic E-state index is -0.632. The van der Waals surface area contributed by atoms with Crippen LogP contribution in [0.2, 0.25) is 0 Å². The number of hydrogen-bond donors (Lipinski definition) is 1. The van der Waals surface area contributed by atoms with Crippen molar-refractivity contribution < 1.29 is 19.2 Å². The lowest BCUT2D eigenvalue weighted by atomic mass is 10.2. The van der Waals surface area contributed by atoms with E-state index >= 15 is 0 Å². The molecule has 0 aliphatic heterocycles. The van der Waals surface area contributed by atoms with Crippen molar-refractivity contribution in [1.29, 1.82) is 0 Å².